The monoisotopic (exact) mass is 298 g/mol. The largest absolute Gasteiger partial charge is 0.435 e. The molecular weight excluding hydrogens is 278 g/mol. The van der Waals surface area contributed by atoms with E-state index in [-0.39, 0.29) is 23.6 Å². The zero-order valence-corrected chi connectivity index (χ0v) is 11.9. The molecule has 1 aromatic carbocycles. The summed E-state index contributed by atoms with van der Waals surface area (Å²) in [6, 6.07) is 6.17. The molecule has 1 aromatic rings. The van der Waals surface area contributed by atoms with Gasteiger partial charge in [0.1, 0.15) is 5.75 Å². The third kappa shape index (κ3) is 4.67. The van der Waals surface area contributed by atoms with Gasteiger partial charge < -0.3 is 15.4 Å². The molecule has 1 fully saturated rings. The lowest BCUT2D eigenvalue weighted by Gasteiger charge is -2.24. The molecule has 1 saturated heterocycles. The van der Waals surface area contributed by atoms with Crippen molar-refractivity contribution in [2.24, 2.45) is 5.92 Å². The number of piperidine rings is 1. The molecule has 0 saturated carbocycles. The van der Waals surface area contributed by atoms with Gasteiger partial charge in [-0.1, -0.05) is 12.1 Å². The Kier molecular flexibility index (Phi) is 5.50. The Morgan fingerprint density at radius 2 is 1.90 bits per heavy atom. The minimum atomic E-state index is -2.83. The van der Waals surface area contributed by atoms with Gasteiger partial charge in [0.15, 0.2) is 0 Å². The molecule has 2 N–H and O–H groups in total. The number of hydrogen-bond acceptors (Lipinski definition) is 3. The molecule has 0 radical (unpaired) electrons. The van der Waals surface area contributed by atoms with Crippen molar-refractivity contribution in [3.63, 3.8) is 0 Å². The molecule has 1 aliphatic heterocycles. The zero-order valence-electron chi connectivity index (χ0n) is 11.9. The molecule has 1 amide bonds. The number of carbonyl (C=O) groups is 1. The third-order valence-corrected chi connectivity index (χ3v) is 3.67. The van der Waals surface area contributed by atoms with Crippen LogP contribution < -0.4 is 15.4 Å². The molecule has 0 bridgehead atoms. The Balaban J connectivity index is 1.90. The van der Waals surface area contributed by atoms with Crippen LogP contribution in [0, 0.1) is 5.92 Å². The molecule has 4 nitrogen and oxygen atoms in total. The summed E-state index contributed by atoms with van der Waals surface area (Å²) < 4.78 is 28.4. The van der Waals surface area contributed by atoms with E-state index in [1.54, 1.807) is 12.1 Å². The number of benzene rings is 1. The summed E-state index contributed by atoms with van der Waals surface area (Å²) in [5, 5.41) is 6.19. The van der Waals surface area contributed by atoms with Crippen LogP contribution in [0.3, 0.4) is 0 Å². The molecule has 2 rings (SSSR count). The van der Waals surface area contributed by atoms with E-state index in [9.17, 15) is 13.6 Å². The number of rotatable bonds is 5. The number of ether oxygens (including phenoxy) is 1. The normalized spacial score (nSPS) is 17.5. The molecule has 1 aliphatic rings. The molecule has 21 heavy (non-hydrogen) atoms. The van der Waals surface area contributed by atoms with Crippen molar-refractivity contribution < 1.29 is 18.3 Å². The van der Waals surface area contributed by atoms with Crippen molar-refractivity contribution >= 4 is 5.91 Å². The summed E-state index contributed by atoms with van der Waals surface area (Å²) in [4.78, 5) is 12.1. The van der Waals surface area contributed by atoms with E-state index in [4.69, 9.17) is 0 Å². The molecule has 1 atom stereocenters. The van der Waals surface area contributed by atoms with E-state index in [1.165, 1.54) is 12.1 Å². The smallest absolute Gasteiger partial charge is 0.387 e. The second kappa shape index (κ2) is 7.36. The van der Waals surface area contributed by atoms with Gasteiger partial charge in [-0.3, -0.25) is 4.79 Å². The number of hydrogen-bond donors (Lipinski definition) is 2. The van der Waals surface area contributed by atoms with E-state index < -0.39 is 6.61 Å². The molecular formula is C15H20F2N2O2. The van der Waals surface area contributed by atoms with Gasteiger partial charge in [-0.25, -0.2) is 0 Å². The minimum Gasteiger partial charge on any atom is -0.435 e. The lowest BCUT2D eigenvalue weighted by Crippen LogP contribution is -2.39. The van der Waals surface area contributed by atoms with E-state index in [1.807, 2.05) is 6.92 Å². The molecule has 0 aromatic heterocycles. The van der Waals surface area contributed by atoms with Gasteiger partial charge in [-0.2, -0.15) is 8.78 Å². The molecule has 116 valence electrons. The van der Waals surface area contributed by atoms with Gasteiger partial charge in [-0.05, 0) is 50.6 Å². The van der Waals surface area contributed by atoms with Crippen molar-refractivity contribution in [3.05, 3.63) is 29.8 Å². The highest BCUT2D eigenvalue weighted by molar-refractivity contribution is 5.79. The van der Waals surface area contributed by atoms with Crippen molar-refractivity contribution in [2.75, 3.05) is 13.1 Å². The Morgan fingerprint density at radius 1 is 1.29 bits per heavy atom. The maximum atomic E-state index is 12.1. The van der Waals surface area contributed by atoms with Crippen LogP contribution in [-0.2, 0) is 4.79 Å². The topological polar surface area (TPSA) is 50.4 Å². The second-order valence-corrected chi connectivity index (χ2v) is 5.20. The van der Waals surface area contributed by atoms with E-state index in [2.05, 4.69) is 15.4 Å². The molecule has 6 heteroatoms. The fraction of sp³-hybridized carbons (Fsp3) is 0.533. The van der Waals surface area contributed by atoms with E-state index >= 15 is 0 Å². The Morgan fingerprint density at radius 3 is 2.48 bits per heavy atom. The van der Waals surface area contributed by atoms with E-state index in [0.29, 0.717) is 0 Å². The predicted molar refractivity (Wildman–Crippen MR) is 75.2 cm³/mol. The van der Waals surface area contributed by atoms with Gasteiger partial charge in [0.2, 0.25) is 5.91 Å². The highest BCUT2D eigenvalue weighted by Crippen LogP contribution is 2.20. The summed E-state index contributed by atoms with van der Waals surface area (Å²) in [6.07, 6.45) is 1.69. The lowest BCUT2D eigenvalue weighted by molar-refractivity contribution is -0.126. The standard InChI is InChI=1S/C15H20F2N2O2/c1-10(19-14(20)12-6-8-18-9-7-12)11-2-4-13(5-3-11)21-15(16)17/h2-5,10,12,15,18H,6-9H2,1H3,(H,19,20). The third-order valence-electron chi connectivity index (χ3n) is 3.67. The maximum Gasteiger partial charge on any atom is 0.387 e. The van der Waals surface area contributed by atoms with Crippen LogP contribution in [0.2, 0.25) is 0 Å². The summed E-state index contributed by atoms with van der Waals surface area (Å²) in [7, 11) is 0. The highest BCUT2D eigenvalue weighted by Gasteiger charge is 2.22. The van der Waals surface area contributed by atoms with Crippen LogP contribution in [-0.4, -0.2) is 25.6 Å². The molecule has 1 heterocycles. The predicted octanol–water partition coefficient (Wildman–Crippen LogP) is 2.46. The Bertz CT molecular complexity index is 459. The number of nitrogens with one attached hydrogen (secondary N) is 2. The van der Waals surface area contributed by atoms with Crippen molar-refractivity contribution in [2.45, 2.75) is 32.4 Å². The molecule has 0 aliphatic carbocycles. The highest BCUT2D eigenvalue weighted by atomic mass is 19.3. The van der Waals surface area contributed by atoms with Crippen LogP contribution in [0.4, 0.5) is 8.78 Å². The average Bonchev–Trinajstić information content (AvgIpc) is 2.48. The fourth-order valence-electron chi connectivity index (χ4n) is 2.44. The van der Waals surface area contributed by atoms with Crippen molar-refractivity contribution in [1.29, 1.82) is 0 Å². The first-order valence-electron chi connectivity index (χ1n) is 7.12. The fourth-order valence-corrected chi connectivity index (χ4v) is 2.44. The quantitative estimate of drug-likeness (QED) is 0.878. The van der Waals surface area contributed by atoms with Crippen molar-refractivity contribution in [3.8, 4) is 5.75 Å². The zero-order chi connectivity index (χ0) is 15.2. The second-order valence-electron chi connectivity index (χ2n) is 5.20. The van der Waals surface area contributed by atoms with Gasteiger partial charge in [0.25, 0.3) is 0 Å². The van der Waals surface area contributed by atoms with Crippen LogP contribution in [0.1, 0.15) is 31.4 Å². The van der Waals surface area contributed by atoms with Crippen LogP contribution in [0.5, 0.6) is 5.75 Å². The van der Waals surface area contributed by atoms with Crippen LogP contribution in [0.25, 0.3) is 0 Å². The average molecular weight is 298 g/mol. The summed E-state index contributed by atoms with van der Waals surface area (Å²) >= 11 is 0. The van der Waals surface area contributed by atoms with Crippen molar-refractivity contribution in [1.82, 2.24) is 10.6 Å². The van der Waals surface area contributed by atoms with E-state index in [0.717, 1.165) is 31.5 Å². The maximum absolute atomic E-state index is 12.1. The first-order chi connectivity index (χ1) is 10.1. The summed E-state index contributed by atoms with van der Waals surface area (Å²) in [6.45, 7) is 0.785. The summed E-state index contributed by atoms with van der Waals surface area (Å²) in [5.41, 5.74) is 0.860. The Labute approximate surface area is 122 Å². The van der Waals surface area contributed by atoms with Crippen LogP contribution >= 0.6 is 0 Å². The Hall–Kier alpha value is -1.69. The first-order valence-corrected chi connectivity index (χ1v) is 7.12. The first kappa shape index (κ1) is 15.7. The number of amides is 1. The summed E-state index contributed by atoms with van der Waals surface area (Å²) in [5.74, 6) is 0.220. The van der Waals surface area contributed by atoms with Gasteiger partial charge in [-0.15, -0.1) is 0 Å². The molecule has 0 spiro atoms. The van der Waals surface area contributed by atoms with Crippen LogP contribution in [0.15, 0.2) is 24.3 Å². The molecule has 1 unspecified atom stereocenters. The number of carbonyl (C=O) groups excluding carboxylic acids is 1. The van der Waals surface area contributed by atoms with Gasteiger partial charge in [0, 0.05) is 5.92 Å². The SMILES string of the molecule is CC(NC(=O)C1CCNCC1)c1ccc(OC(F)F)cc1. The van der Waals surface area contributed by atoms with Gasteiger partial charge in [0.05, 0.1) is 6.04 Å². The van der Waals surface area contributed by atoms with Gasteiger partial charge >= 0.3 is 6.61 Å². The number of alkyl halides is 2. The number of halogens is 2. The lowest BCUT2D eigenvalue weighted by atomic mass is 9.96. The minimum absolute atomic E-state index is 0.0511.